The number of hydrogen-bond donors (Lipinski definition) is 2. The molecule has 0 fully saturated rings. The summed E-state index contributed by atoms with van der Waals surface area (Å²) in [5.41, 5.74) is 2.99. The molecule has 2 rings (SSSR count). The van der Waals surface area contributed by atoms with Crippen LogP contribution in [0.1, 0.15) is 30.5 Å². The fourth-order valence-corrected chi connectivity index (χ4v) is 2.41. The maximum atomic E-state index is 11.9. The van der Waals surface area contributed by atoms with Gasteiger partial charge in [0.25, 0.3) is 0 Å². The van der Waals surface area contributed by atoms with Gasteiger partial charge < -0.3 is 10.4 Å². The maximum Gasteiger partial charge on any atom is 0.230 e. The quantitative estimate of drug-likeness (QED) is 0.787. The van der Waals surface area contributed by atoms with Gasteiger partial charge in [0.1, 0.15) is 5.75 Å². The minimum atomic E-state index is -0.482. The third kappa shape index (κ3) is 1.90. The van der Waals surface area contributed by atoms with Crippen LogP contribution in [0.5, 0.6) is 5.75 Å². The minimum absolute atomic E-state index is 0.00831. The van der Waals surface area contributed by atoms with E-state index in [-0.39, 0.29) is 5.91 Å². The van der Waals surface area contributed by atoms with Gasteiger partial charge in [0.05, 0.1) is 5.69 Å². The van der Waals surface area contributed by atoms with E-state index in [0.717, 1.165) is 22.4 Å². The molecule has 1 aromatic carbocycles. The molecule has 2 N–H and O–H groups in total. The summed E-state index contributed by atoms with van der Waals surface area (Å²) in [6, 6.07) is 1.91. The van der Waals surface area contributed by atoms with E-state index < -0.39 is 5.41 Å². The molecular formula is C15H19NO2. The van der Waals surface area contributed by atoms with E-state index >= 15 is 0 Å². The van der Waals surface area contributed by atoms with Crippen LogP contribution in [-0.2, 0) is 17.6 Å². The van der Waals surface area contributed by atoms with Gasteiger partial charge in [-0.1, -0.05) is 26.0 Å². The number of fused-ring (bicyclic) bond motifs is 1. The topological polar surface area (TPSA) is 49.3 Å². The average Bonchev–Trinajstić information content (AvgIpc) is 2.28. The van der Waals surface area contributed by atoms with E-state index in [2.05, 4.69) is 11.9 Å². The summed E-state index contributed by atoms with van der Waals surface area (Å²) < 4.78 is 0. The second kappa shape index (κ2) is 4.16. The fraction of sp³-hybridized carbons (Fsp3) is 0.400. The number of aromatic hydroxyl groups is 1. The zero-order valence-corrected chi connectivity index (χ0v) is 11.1. The Hall–Kier alpha value is -1.77. The van der Waals surface area contributed by atoms with Crippen molar-refractivity contribution in [2.24, 2.45) is 5.41 Å². The summed E-state index contributed by atoms with van der Waals surface area (Å²) in [7, 11) is 0. The number of anilines is 1. The molecular weight excluding hydrogens is 226 g/mol. The number of phenols is 1. The van der Waals surface area contributed by atoms with Crippen LogP contribution in [0.2, 0.25) is 0 Å². The zero-order valence-electron chi connectivity index (χ0n) is 11.1. The third-order valence-electron chi connectivity index (χ3n) is 3.51. The summed E-state index contributed by atoms with van der Waals surface area (Å²) in [6.07, 6.45) is 2.97. The maximum absolute atomic E-state index is 11.9. The van der Waals surface area contributed by atoms with Crippen molar-refractivity contribution in [3.63, 3.8) is 0 Å². The Morgan fingerprint density at radius 2 is 2.22 bits per heavy atom. The number of amides is 1. The van der Waals surface area contributed by atoms with Gasteiger partial charge in [-0.2, -0.15) is 0 Å². The second-order valence-electron chi connectivity index (χ2n) is 5.56. The highest BCUT2D eigenvalue weighted by Gasteiger charge is 2.36. The number of carbonyl (C=O) groups is 1. The van der Waals surface area contributed by atoms with Crippen molar-refractivity contribution in [3.8, 4) is 5.75 Å². The molecule has 1 aliphatic rings. The molecule has 1 aliphatic heterocycles. The number of nitrogens with one attached hydrogen (secondary N) is 1. The lowest BCUT2D eigenvalue weighted by atomic mass is 9.79. The van der Waals surface area contributed by atoms with E-state index in [9.17, 15) is 9.90 Å². The highest BCUT2D eigenvalue weighted by molar-refractivity contribution is 5.99. The highest BCUT2D eigenvalue weighted by atomic mass is 16.3. The number of aryl methyl sites for hydroxylation is 1. The molecule has 0 bridgehead atoms. The lowest BCUT2D eigenvalue weighted by molar-refractivity contribution is -0.124. The van der Waals surface area contributed by atoms with Crippen molar-refractivity contribution in [1.82, 2.24) is 0 Å². The van der Waals surface area contributed by atoms with Gasteiger partial charge in [0, 0.05) is 11.0 Å². The number of allylic oxidation sites excluding steroid dienone is 1. The van der Waals surface area contributed by atoms with Gasteiger partial charge in [0.15, 0.2) is 0 Å². The summed E-state index contributed by atoms with van der Waals surface area (Å²) in [5, 5.41) is 13.2. The van der Waals surface area contributed by atoms with Gasteiger partial charge in [-0.15, -0.1) is 6.58 Å². The molecule has 0 spiro atoms. The van der Waals surface area contributed by atoms with Crippen LogP contribution in [0.25, 0.3) is 0 Å². The first-order valence-electron chi connectivity index (χ1n) is 6.13. The van der Waals surface area contributed by atoms with Gasteiger partial charge in [-0.25, -0.2) is 0 Å². The molecule has 18 heavy (non-hydrogen) atoms. The normalized spacial score (nSPS) is 16.9. The third-order valence-corrected chi connectivity index (χ3v) is 3.51. The van der Waals surface area contributed by atoms with Crippen LogP contribution in [0.15, 0.2) is 18.7 Å². The molecule has 3 nitrogen and oxygen atoms in total. The molecule has 0 saturated carbocycles. The van der Waals surface area contributed by atoms with Crippen molar-refractivity contribution in [2.75, 3.05) is 5.32 Å². The highest BCUT2D eigenvalue weighted by Crippen LogP contribution is 2.41. The van der Waals surface area contributed by atoms with Gasteiger partial charge in [-0.05, 0) is 30.9 Å². The molecule has 96 valence electrons. The fourth-order valence-electron chi connectivity index (χ4n) is 2.41. The number of carbonyl (C=O) groups excluding carboxylic acids is 1. The van der Waals surface area contributed by atoms with E-state index in [1.807, 2.05) is 26.8 Å². The lowest BCUT2D eigenvalue weighted by Gasteiger charge is -2.32. The Kier molecular flexibility index (Phi) is 2.93. The SMILES string of the molecule is C=CCc1cc(C)c2c(c1O)CC(C)(C)C(=O)N2. The molecule has 1 aromatic rings. The van der Waals surface area contributed by atoms with Crippen molar-refractivity contribution < 1.29 is 9.90 Å². The van der Waals surface area contributed by atoms with Gasteiger partial charge in [-0.3, -0.25) is 4.79 Å². The van der Waals surface area contributed by atoms with Gasteiger partial charge >= 0.3 is 0 Å². The van der Waals surface area contributed by atoms with E-state index in [0.29, 0.717) is 18.6 Å². The van der Waals surface area contributed by atoms with Crippen LogP contribution in [0.4, 0.5) is 5.69 Å². The Bertz CT molecular complexity index is 530. The van der Waals surface area contributed by atoms with E-state index in [1.165, 1.54) is 0 Å². The Balaban J connectivity index is 2.59. The standard InChI is InChI=1S/C15H19NO2/c1-5-6-10-7-9(2)12-11(13(10)17)8-15(3,4)14(18)16-12/h5,7,17H,1,6,8H2,2-4H3,(H,16,18). The summed E-state index contributed by atoms with van der Waals surface area (Å²) >= 11 is 0. The monoisotopic (exact) mass is 245 g/mol. The molecule has 3 heteroatoms. The molecule has 0 atom stereocenters. The molecule has 0 aromatic heterocycles. The molecule has 1 heterocycles. The molecule has 0 radical (unpaired) electrons. The van der Waals surface area contributed by atoms with Crippen molar-refractivity contribution in [2.45, 2.75) is 33.6 Å². The van der Waals surface area contributed by atoms with Crippen molar-refractivity contribution >= 4 is 11.6 Å². The zero-order chi connectivity index (χ0) is 13.5. The Morgan fingerprint density at radius 3 is 2.83 bits per heavy atom. The van der Waals surface area contributed by atoms with E-state index in [4.69, 9.17) is 0 Å². The van der Waals surface area contributed by atoms with Crippen LogP contribution in [-0.4, -0.2) is 11.0 Å². The summed E-state index contributed by atoms with van der Waals surface area (Å²) in [5.74, 6) is 0.303. The predicted octanol–water partition coefficient (Wildman–Crippen LogP) is 2.95. The first-order chi connectivity index (χ1) is 8.36. The Morgan fingerprint density at radius 1 is 1.56 bits per heavy atom. The second-order valence-corrected chi connectivity index (χ2v) is 5.56. The van der Waals surface area contributed by atoms with Crippen LogP contribution < -0.4 is 5.32 Å². The number of benzene rings is 1. The number of hydrogen-bond acceptors (Lipinski definition) is 2. The van der Waals surface area contributed by atoms with Crippen molar-refractivity contribution in [3.05, 3.63) is 35.4 Å². The first-order valence-corrected chi connectivity index (χ1v) is 6.13. The molecule has 0 aliphatic carbocycles. The van der Waals surface area contributed by atoms with Crippen LogP contribution in [0.3, 0.4) is 0 Å². The Labute approximate surface area is 108 Å². The molecule has 0 saturated heterocycles. The van der Waals surface area contributed by atoms with E-state index in [1.54, 1.807) is 6.08 Å². The number of rotatable bonds is 2. The summed E-state index contributed by atoms with van der Waals surface area (Å²) in [6.45, 7) is 9.42. The van der Waals surface area contributed by atoms with Gasteiger partial charge in [0.2, 0.25) is 5.91 Å². The van der Waals surface area contributed by atoms with Crippen molar-refractivity contribution in [1.29, 1.82) is 0 Å². The average molecular weight is 245 g/mol. The smallest absolute Gasteiger partial charge is 0.230 e. The summed E-state index contributed by atoms with van der Waals surface area (Å²) in [4.78, 5) is 11.9. The minimum Gasteiger partial charge on any atom is -0.507 e. The van der Waals surface area contributed by atoms with Crippen LogP contribution >= 0.6 is 0 Å². The van der Waals surface area contributed by atoms with Crippen LogP contribution in [0, 0.1) is 12.3 Å². The first kappa shape index (κ1) is 12.7. The predicted molar refractivity (Wildman–Crippen MR) is 72.9 cm³/mol. The largest absolute Gasteiger partial charge is 0.507 e. The number of phenolic OH excluding ortho intramolecular Hbond substituents is 1. The molecule has 0 unspecified atom stereocenters. The lowest BCUT2D eigenvalue weighted by Crippen LogP contribution is -2.37. The molecule has 1 amide bonds.